The molecule has 2 N–H and O–H groups in total. The molecule has 1 atom stereocenters. The molecule has 1 fully saturated rings. The van der Waals surface area contributed by atoms with Crippen LogP contribution < -0.4 is 9.80 Å². The molecule has 7 nitrogen and oxygen atoms in total. The zero-order valence-corrected chi connectivity index (χ0v) is 13.4. The van der Waals surface area contributed by atoms with Crippen molar-refractivity contribution in [1.29, 1.82) is 0 Å². The number of hydrogen-bond donors (Lipinski definition) is 2. The van der Waals surface area contributed by atoms with Gasteiger partial charge in [0.05, 0.1) is 12.1 Å². The fourth-order valence-corrected chi connectivity index (χ4v) is 2.87. The van der Waals surface area contributed by atoms with Crippen molar-refractivity contribution >= 4 is 29.2 Å². The molecule has 3 rings (SSSR count). The van der Waals surface area contributed by atoms with E-state index in [1.54, 1.807) is 11.9 Å². The molecule has 2 aromatic rings. The molecule has 0 spiro atoms. The summed E-state index contributed by atoms with van der Waals surface area (Å²) in [7, 11) is 1.74. The van der Waals surface area contributed by atoms with Gasteiger partial charge in [-0.2, -0.15) is 0 Å². The molecule has 0 bridgehead atoms. The lowest BCUT2D eigenvalue weighted by molar-refractivity contribution is -0.121. The maximum absolute atomic E-state index is 12.7. The summed E-state index contributed by atoms with van der Waals surface area (Å²) < 4.78 is 0. The summed E-state index contributed by atoms with van der Waals surface area (Å²) in [5, 5.41) is 18.8. The number of likely N-dealkylation sites (N-methyl/N-ethyl adjacent to an activating group) is 1. The van der Waals surface area contributed by atoms with Crippen molar-refractivity contribution in [2.45, 2.75) is 12.5 Å². The maximum Gasteiger partial charge on any atom is 0.339 e. The van der Waals surface area contributed by atoms with Gasteiger partial charge in [-0.1, -0.05) is 18.2 Å². The molecule has 0 radical (unpaired) electrons. The van der Waals surface area contributed by atoms with Crippen molar-refractivity contribution in [2.24, 2.45) is 0 Å². The van der Waals surface area contributed by atoms with Gasteiger partial charge in [-0.3, -0.25) is 9.59 Å². The van der Waals surface area contributed by atoms with Gasteiger partial charge in [0, 0.05) is 18.8 Å². The molecule has 128 valence electrons. The van der Waals surface area contributed by atoms with E-state index in [1.807, 2.05) is 30.3 Å². The van der Waals surface area contributed by atoms with E-state index in [0.717, 1.165) is 16.7 Å². The van der Waals surface area contributed by atoms with Crippen LogP contribution in [0.1, 0.15) is 16.8 Å². The number of imide groups is 1. The summed E-state index contributed by atoms with van der Waals surface area (Å²) in [6, 6.07) is 12.2. The molecule has 25 heavy (non-hydrogen) atoms. The van der Waals surface area contributed by atoms with Crippen molar-refractivity contribution in [3.8, 4) is 5.75 Å². The second kappa shape index (κ2) is 6.27. The summed E-state index contributed by atoms with van der Waals surface area (Å²) in [5.74, 6) is -2.60. The van der Waals surface area contributed by atoms with Crippen LogP contribution in [0.25, 0.3) is 0 Å². The van der Waals surface area contributed by atoms with E-state index in [0.29, 0.717) is 0 Å². The van der Waals surface area contributed by atoms with Gasteiger partial charge in [0.25, 0.3) is 5.91 Å². The van der Waals surface area contributed by atoms with Crippen LogP contribution in [0, 0.1) is 0 Å². The molecule has 0 aliphatic carbocycles. The number of phenols is 1. The summed E-state index contributed by atoms with van der Waals surface area (Å²) in [5.41, 5.74) is 0.668. The number of benzene rings is 2. The van der Waals surface area contributed by atoms with E-state index in [1.165, 1.54) is 12.1 Å². The van der Waals surface area contributed by atoms with Crippen molar-refractivity contribution in [3.05, 3.63) is 54.1 Å². The van der Waals surface area contributed by atoms with Gasteiger partial charge in [0.1, 0.15) is 17.4 Å². The summed E-state index contributed by atoms with van der Waals surface area (Å²) in [6.45, 7) is 0. The SMILES string of the molecule is CN(c1ccccc1)C1CC(=O)N(c2ccc(C(=O)O)c(O)c2)C1=O. The van der Waals surface area contributed by atoms with Crippen molar-refractivity contribution in [1.82, 2.24) is 0 Å². The Hall–Kier alpha value is -3.35. The Morgan fingerprint density at radius 3 is 2.44 bits per heavy atom. The van der Waals surface area contributed by atoms with Gasteiger partial charge in [0.2, 0.25) is 5.91 Å². The Kier molecular flexibility index (Phi) is 4.14. The molecule has 2 amide bonds. The normalized spacial score (nSPS) is 17.0. The highest BCUT2D eigenvalue weighted by atomic mass is 16.4. The molecular formula is C18H16N2O5. The second-order valence-corrected chi connectivity index (χ2v) is 5.74. The second-order valence-electron chi connectivity index (χ2n) is 5.74. The fraction of sp³-hybridized carbons (Fsp3) is 0.167. The van der Waals surface area contributed by atoms with E-state index in [4.69, 9.17) is 5.11 Å². The Balaban J connectivity index is 1.89. The van der Waals surface area contributed by atoms with Crippen molar-refractivity contribution < 1.29 is 24.6 Å². The van der Waals surface area contributed by atoms with E-state index in [-0.39, 0.29) is 17.7 Å². The number of carbonyl (C=O) groups is 3. The lowest BCUT2D eigenvalue weighted by atomic mass is 10.1. The highest BCUT2D eigenvalue weighted by Gasteiger charge is 2.42. The van der Waals surface area contributed by atoms with Gasteiger partial charge in [-0.05, 0) is 24.3 Å². The van der Waals surface area contributed by atoms with Crippen LogP contribution in [0.15, 0.2) is 48.5 Å². The third-order valence-electron chi connectivity index (χ3n) is 4.22. The topological polar surface area (TPSA) is 98.2 Å². The summed E-state index contributed by atoms with van der Waals surface area (Å²) in [6.07, 6.45) is 0.00563. The number of carboxylic acid groups (broad SMARTS) is 1. The molecule has 1 unspecified atom stereocenters. The molecular weight excluding hydrogens is 324 g/mol. The smallest absolute Gasteiger partial charge is 0.339 e. The van der Waals surface area contributed by atoms with Gasteiger partial charge in [-0.15, -0.1) is 0 Å². The van der Waals surface area contributed by atoms with E-state index >= 15 is 0 Å². The van der Waals surface area contributed by atoms with E-state index in [2.05, 4.69) is 0 Å². The number of anilines is 2. The Morgan fingerprint density at radius 2 is 1.84 bits per heavy atom. The highest BCUT2D eigenvalue weighted by molar-refractivity contribution is 6.23. The number of aromatic hydroxyl groups is 1. The van der Waals surface area contributed by atoms with Crippen LogP contribution in [-0.2, 0) is 9.59 Å². The van der Waals surface area contributed by atoms with E-state index < -0.39 is 29.6 Å². The molecule has 7 heteroatoms. The van der Waals surface area contributed by atoms with Crippen LogP contribution in [-0.4, -0.2) is 41.1 Å². The van der Waals surface area contributed by atoms with Gasteiger partial charge < -0.3 is 15.1 Å². The fourth-order valence-electron chi connectivity index (χ4n) is 2.87. The molecule has 1 aliphatic rings. The minimum atomic E-state index is -1.29. The predicted octanol–water partition coefficient (Wildman–Crippen LogP) is 1.86. The number of hydrogen-bond acceptors (Lipinski definition) is 5. The minimum absolute atomic E-state index is 0.00563. The van der Waals surface area contributed by atoms with E-state index in [9.17, 15) is 19.5 Å². The molecule has 1 aliphatic heterocycles. The largest absolute Gasteiger partial charge is 0.507 e. The minimum Gasteiger partial charge on any atom is -0.507 e. The number of aromatic carboxylic acids is 1. The monoisotopic (exact) mass is 340 g/mol. The molecule has 2 aromatic carbocycles. The first kappa shape index (κ1) is 16.5. The predicted molar refractivity (Wildman–Crippen MR) is 90.8 cm³/mol. The number of amides is 2. The van der Waals surface area contributed by atoms with Crippen LogP contribution in [0.4, 0.5) is 11.4 Å². The number of para-hydroxylation sites is 1. The third kappa shape index (κ3) is 2.91. The zero-order valence-electron chi connectivity index (χ0n) is 13.4. The highest BCUT2D eigenvalue weighted by Crippen LogP contribution is 2.31. The van der Waals surface area contributed by atoms with Gasteiger partial charge in [0.15, 0.2) is 0 Å². The number of carbonyl (C=O) groups excluding carboxylic acids is 2. The van der Waals surface area contributed by atoms with Crippen LogP contribution in [0.5, 0.6) is 5.75 Å². The Bertz CT molecular complexity index is 850. The van der Waals surface area contributed by atoms with Gasteiger partial charge in [-0.25, -0.2) is 9.69 Å². The summed E-state index contributed by atoms with van der Waals surface area (Å²) in [4.78, 5) is 38.7. The molecule has 1 saturated heterocycles. The molecule has 0 aromatic heterocycles. The van der Waals surface area contributed by atoms with Crippen LogP contribution >= 0.6 is 0 Å². The van der Waals surface area contributed by atoms with Crippen molar-refractivity contribution in [2.75, 3.05) is 16.8 Å². The first-order valence-corrected chi connectivity index (χ1v) is 7.61. The Morgan fingerprint density at radius 1 is 1.16 bits per heavy atom. The van der Waals surface area contributed by atoms with Crippen LogP contribution in [0.3, 0.4) is 0 Å². The number of carboxylic acids is 1. The lowest BCUT2D eigenvalue weighted by Gasteiger charge is -2.25. The third-order valence-corrected chi connectivity index (χ3v) is 4.22. The summed E-state index contributed by atoms with van der Waals surface area (Å²) >= 11 is 0. The standard InChI is InChI=1S/C18H16N2O5/c1-19(11-5-3-2-4-6-11)14-10-16(22)20(17(14)23)12-7-8-13(18(24)25)15(21)9-12/h2-9,14,21H,10H2,1H3,(H,24,25). The molecule has 0 saturated carbocycles. The quantitative estimate of drug-likeness (QED) is 0.825. The average Bonchev–Trinajstić information content (AvgIpc) is 2.89. The lowest BCUT2D eigenvalue weighted by Crippen LogP contribution is -2.40. The average molecular weight is 340 g/mol. The maximum atomic E-state index is 12.7. The zero-order chi connectivity index (χ0) is 18.1. The first-order valence-electron chi connectivity index (χ1n) is 7.61. The van der Waals surface area contributed by atoms with Crippen molar-refractivity contribution in [3.63, 3.8) is 0 Å². The Labute approximate surface area is 143 Å². The number of nitrogens with zero attached hydrogens (tertiary/aromatic N) is 2. The molecule has 1 heterocycles. The van der Waals surface area contributed by atoms with Crippen LogP contribution in [0.2, 0.25) is 0 Å². The van der Waals surface area contributed by atoms with Gasteiger partial charge >= 0.3 is 5.97 Å². The number of rotatable bonds is 4. The first-order chi connectivity index (χ1) is 11.9.